The number of aromatic nitrogens is 1. The van der Waals surface area contributed by atoms with Crippen LogP contribution in [-0.2, 0) is 0 Å². The molecule has 0 radical (unpaired) electrons. The smallest absolute Gasteiger partial charge is 0.274 e. The van der Waals surface area contributed by atoms with Gasteiger partial charge in [0.1, 0.15) is 11.4 Å². The molecule has 2 aromatic carbocycles. The van der Waals surface area contributed by atoms with E-state index >= 15 is 0 Å². The molecule has 0 saturated heterocycles. The van der Waals surface area contributed by atoms with Gasteiger partial charge in [0.25, 0.3) is 5.91 Å². The minimum Gasteiger partial charge on any atom is -0.497 e. The van der Waals surface area contributed by atoms with E-state index in [0.29, 0.717) is 27.2 Å². The van der Waals surface area contributed by atoms with Crippen LogP contribution in [0.3, 0.4) is 0 Å². The summed E-state index contributed by atoms with van der Waals surface area (Å²) in [7, 11) is 1.57. The third-order valence-electron chi connectivity index (χ3n) is 3.53. The van der Waals surface area contributed by atoms with Crippen molar-refractivity contribution in [1.29, 1.82) is 0 Å². The largest absolute Gasteiger partial charge is 0.497 e. The number of halogens is 2. The van der Waals surface area contributed by atoms with Crippen molar-refractivity contribution in [2.75, 3.05) is 17.7 Å². The Morgan fingerprint density at radius 3 is 2.54 bits per heavy atom. The lowest BCUT2D eigenvalue weighted by Crippen LogP contribution is -2.13. The van der Waals surface area contributed by atoms with Crippen molar-refractivity contribution in [3.63, 3.8) is 0 Å². The van der Waals surface area contributed by atoms with Crippen LogP contribution in [0.2, 0.25) is 10.0 Å². The fourth-order valence-corrected chi connectivity index (χ4v) is 2.57. The number of rotatable bonds is 5. The molecule has 26 heavy (non-hydrogen) atoms. The molecule has 1 heterocycles. The lowest BCUT2D eigenvalue weighted by molar-refractivity contribution is 0.102. The number of hydrogen-bond acceptors (Lipinski definition) is 4. The monoisotopic (exact) mass is 387 g/mol. The number of nitrogens with zero attached hydrogens (tertiary/aromatic N) is 1. The van der Waals surface area contributed by atoms with Crippen LogP contribution in [0.15, 0.2) is 60.8 Å². The highest BCUT2D eigenvalue weighted by molar-refractivity contribution is 6.42. The Bertz CT molecular complexity index is 948. The maximum Gasteiger partial charge on any atom is 0.274 e. The molecule has 5 nitrogen and oxygen atoms in total. The van der Waals surface area contributed by atoms with Gasteiger partial charge in [-0.25, -0.2) is 0 Å². The van der Waals surface area contributed by atoms with E-state index in [1.165, 1.54) is 0 Å². The van der Waals surface area contributed by atoms with Gasteiger partial charge < -0.3 is 15.4 Å². The van der Waals surface area contributed by atoms with Crippen LogP contribution >= 0.6 is 23.2 Å². The highest BCUT2D eigenvalue weighted by Crippen LogP contribution is 2.27. The number of anilines is 3. The van der Waals surface area contributed by atoms with E-state index in [1.54, 1.807) is 67.9 Å². The first kappa shape index (κ1) is 18.0. The summed E-state index contributed by atoms with van der Waals surface area (Å²) in [4.78, 5) is 16.6. The predicted molar refractivity (Wildman–Crippen MR) is 105 cm³/mol. The molecule has 7 heteroatoms. The maximum absolute atomic E-state index is 12.4. The molecule has 0 unspecified atom stereocenters. The number of pyridine rings is 1. The number of hydrogen-bond donors (Lipinski definition) is 2. The number of methoxy groups -OCH3 is 1. The highest BCUT2D eigenvalue weighted by atomic mass is 35.5. The van der Waals surface area contributed by atoms with Crippen molar-refractivity contribution in [1.82, 2.24) is 4.98 Å². The molecule has 3 rings (SSSR count). The van der Waals surface area contributed by atoms with Crippen molar-refractivity contribution < 1.29 is 9.53 Å². The number of amides is 1. The Hall–Kier alpha value is -2.76. The average molecular weight is 388 g/mol. The van der Waals surface area contributed by atoms with E-state index < -0.39 is 0 Å². The summed E-state index contributed by atoms with van der Waals surface area (Å²) in [5, 5.41) is 6.88. The molecule has 0 saturated carbocycles. The SMILES string of the molecule is COc1cccc(NC(=O)c2cc(Nc3ccc(Cl)c(Cl)c3)ccn2)c1. The van der Waals surface area contributed by atoms with Gasteiger partial charge in [-0.2, -0.15) is 0 Å². The Labute approximate surface area is 160 Å². The Morgan fingerprint density at radius 2 is 1.77 bits per heavy atom. The van der Waals surface area contributed by atoms with E-state index in [1.807, 2.05) is 0 Å². The molecule has 0 aliphatic carbocycles. The second kappa shape index (κ2) is 8.08. The van der Waals surface area contributed by atoms with Gasteiger partial charge in [0.05, 0.1) is 17.2 Å². The summed E-state index contributed by atoms with van der Waals surface area (Å²) < 4.78 is 5.15. The van der Waals surface area contributed by atoms with Crippen LogP contribution < -0.4 is 15.4 Å². The van der Waals surface area contributed by atoms with Crippen molar-refractivity contribution in [2.24, 2.45) is 0 Å². The Kier molecular flexibility index (Phi) is 5.61. The first-order chi connectivity index (χ1) is 12.5. The molecule has 2 N–H and O–H groups in total. The van der Waals surface area contributed by atoms with Crippen molar-refractivity contribution in [3.05, 3.63) is 76.5 Å². The van der Waals surface area contributed by atoms with Gasteiger partial charge in [-0.05, 0) is 42.5 Å². The molecule has 3 aromatic rings. The van der Waals surface area contributed by atoms with Crippen LogP contribution in [0.25, 0.3) is 0 Å². The van der Waals surface area contributed by atoms with Gasteiger partial charge in [0.2, 0.25) is 0 Å². The topological polar surface area (TPSA) is 63.2 Å². The second-order valence-corrected chi connectivity index (χ2v) is 6.18. The van der Waals surface area contributed by atoms with Gasteiger partial charge in [-0.1, -0.05) is 29.3 Å². The number of nitrogens with one attached hydrogen (secondary N) is 2. The molecule has 0 spiro atoms. The molecule has 1 aromatic heterocycles. The summed E-state index contributed by atoms with van der Waals surface area (Å²) in [5.74, 6) is 0.335. The van der Waals surface area contributed by atoms with Gasteiger partial charge >= 0.3 is 0 Å². The summed E-state index contributed by atoms with van der Waals surface area (Å²) in [6.07, 6.45) is 1.56. The number of carbonyl (C=O) groups is 1. The van der Waals surface area contributed by atoms with Gasteiger partial charge in [-0.3, -0.25) is 9.78 Å². The predicted octanol–water partition coefficient (Wildman–Crippen LogP) is 5.39. The zero-order valence-corrected chi connectivity index (χ0v) is 15.3. The van der Waals surface area contributed by atoms with E-state index in [-0.39, 0.29) is 11.6 Å². The number of carbonyl (C=O) groups excluding carboxylic acids is 1. The summed E-state index contributed by atoms with van der Waals surface area (Å²) in [6.45, 7) is 0. The minimum atomic E-state index is -0.323. The van der Waals surface area contributed by atoms with E-state index in [9.17, 15) is 4.79 Å². The maximum atomic E-state index is 12.4. The average Bonchev–Trinajstić information content (AvgIpc) is 2.65. The first-order valence-electron chi connectivity index (χ1n) is 7.69. The molecular weight excluding hydrogens is 373 g/mol. The van der Waals surface area contributed by atoms with Crippen LogP contribution in [0.5, 0.6) is 5.75 Å². The zero-order valence-electron chi connectivity index (χ0n) is 13.8. The van der Waals surface area contributed by atoms with Gasteiger partial charge in [0, 0.05) is 29.3 Å². The van der Waals surface area contributed by atoms with Crippen molar-refractivity contribution in [2.45, 2.75) is 0 Å². The van der Waals surface area contributed by atoms with Gasteiger partial charge in [-0.15, -0.1) is 0 Å². The van der Waals surface area contributed by atoms with Crippen molar-refractivity contribution in [3.8, 4) is 5.75 Å². The Balaban J connectivity index is 1.75. The fraction of sp³-hybridized carbons (Fsp3) is 0.0526. The normalized spacial score (nSPS) is 10.3. The van der Waals surface area contributed by atoms with Crippen LogP contribution in [0.1, 0.15) is 10.5 Å². The lowest BCUT2D eigenvalue weighted by Gasteiger charge is -2.10. The molecule has 0 aliphatic heterocycles. The standard InChI is InChI=1S/C19H15Cl2N3O2/c1-26-15-4-2-3-12(9-15)24-19(25)18-11-14(7-8-22-18)23-13-5-6-16(20)17(21)10-13/h2-11H,1H3,(H,22,23)(H,24,25). The van der Waals surface area contributed by atoms with Crippen LogP contribution in [0, 0.1) is 0 Å². The lowest BCUT2D eigenvalue weighted by atomic mass is 10.2. The number of ether oxygens (including phenoxy) is 1. The zero-order chi connectivity index (χ0) is 18.5. The minimum absolute atomic E-state index is 0.276. The van der Waals surface area contributed by atoms with Crippen LogP contribution in [-0.4, -0.2) is 18.0 Å². The van der Waals surface area contributed by atoms with Crippen LogP contribution in [0.4, 0.5) is 17.1 Å². The van der Waals surface area contributed by atoms with E-state index in [2.05, 4.69) is 15.6 Å². The first-order valence-corrected chi connectivity index (χ1v) is 8.44. The third kappa shape index (κ3) is 4.45. The fourth-order valence-electron chi connectivity index (χ4n) is 2.27. The summed E-state index contributed by atoms with van der Waals surface area (Å²) in [6, 6.07) is 15.7. The quantitative estimate of drug-likeness (QED) is 0.615. The third-order valence-corrected chi connectivity index (χ3v) is 4.27. The molecule has 0 atom stereocenters. The molecule has 1 amide bonds. The second-order valence-electron chi connectivity index (χ2n) is 5.37. The molecular formula is C19H15Cl2N3O2. The molecule has 0 aliphatic rings. The number of benzene rings is 2. The highest BCUT2D eigenvalue weighted by Gasteiger charge is 2.09. The molecule has 0 bridgehead atoms. The van der Waals surface area contributed by atoms with E-state index in [4.69, 9.17) is 27.9 Å². The molecule has 0 fully saturated rings. The summed E-state index contributed by atoms with van der Waals surface area (Å²) >= 11 is 11.9. The van der Waals surface area contributed by atoms with Crippen molar-refractivity contribution >= 4 is 46.2 Å². The Morgan fingerprint density at radius 1 is 0.962 bits per heavy atom. The van der Waals surface area contributed by atoms with E-state index in [0.717, 1.165) is 5.69 Å². The molecule has 132 valence electrons. The van der Waals surface area contributed by atoms with Gasteiger partial charge in [0.15, 0.2) is 0 Å². The summed E-state index contributed by atoms with van der Waals surface area (Å²) in [5.41, 5.74) is 2.36.